The maximum Gasteiger partial charge on any atom is 0.280 e. The molecule has 0 fully saturated rings. The molecule has 84 valence electrons. The van der Waals surface area contributed by atoms with E-state index in [4.69, 9.17) is 23.2 Å². The van der Waals surface area contributed by atoms with Crippen molar-refractivity contribution in [2.45, 2.75) is 6.43 Å². The number of fused-ring (bicyclic) bond motifs is 1. The first-order valence-electron chi connectivity index (χ1n) is 4.22. The Morgan fingerprint density at radius 1 is 1.06 bits per heavy atom. The molecule has 0 spiro atoms. The molecule has 16 heavy (non-hydrogen) atoms. The van der Waals surface area contributed by atoms with Crippen LogP contribution in [0, 0.1) is 5.82 Å². The first-order chi connectivity index (χ1) is 7.49. The number of pyridine rings is 1. The average Bonchev–Trinajstić information content (AvgIpc) is 2.20. The molecule has 0 bridgehead atoms. The van der Waals surface area contributed by atoms with Gasteiger partial charge in [0.05, 0.1) is 15.6 Å². The van der Waals surface area contributed by atoms with Crippen LogP contribution in [-0.4, -0.2) is 4.98 Å². The number of aromatic nitrogens is 1. The SMILES string of the molecule is Fc1cc2nc(C(F)F)cc(Cl)c2cc1Cl. The lowest BCUT2D eigenvalue weighted by molar-refractivity contribution is 0.146. The molecule has 0 saturated heterocycles. The Balaban J connectivity index is 2.77. The van der Waals surface area contributed by atoms with E-state index in [9.17, 15) is 13.2 Å². The van der Waals surface area contributed by atoms with Gasteiger partial charge in [0.15, 0.2) is 0 Å². The first-order valence-corrected chi connectivity index (χ1v) is 4.98. The number of hydrogen-bond acceptors (Lipinski definition) is 1. The molecule has 0 radical (unpaired) electrons. The van der Waals surface area contributed by atoms with Crippen molar-refractivity contribution in [3.63, 3.8) is 0 Å². The van der Waals surface area contributed by atoms with Crippen molar-refractivity contribution in [3.8, 4) is 0 Å². The third-order valence-corrected chi connectivity index (χ3v) is 2.65. The monoisotopic (exact) mass is 265 g/mol. The zero-order valence-corrected chi connectivity index (χ0v) is 9.16. The second-order valence-corrected chi connectivity index (χ2v) is 3.93. The van der Waals surface area contributed by atoms with Crippen molar-refractivity contribution in [1.29, 1.82) is 0 Å². The van der Waals surface area contributed by atoms with Crippen LogP contribution < -0.4 is 0 Å². The molecular weight excluding hydrogens is 262 g/mol. The summed E-state index contributed by atoms with van der Waals surface area (Å²) >= 11 is 11.3. The zero-order chi connectivity index (χ0) is 11.9. The third-order valence-electron chi connectivity index (χ3n) is 2.04. The van der Waals surface area contributed by atoms with E-state index in [2.05, 4.69) is 4.98 Å². The van der Waals surface area contributed by atoms with E-state index in [1.54, 1.807) is 0 Å². The van der Waals surface area contributed by atoms with Gasteiger partial charge in [-0.2, -0.15) is 0 Å². The van der Waals surface area contributed by atoms with Gasteiger partial charge in [0.2, 0.25) is 0 Å². The molecule has 0 amide bonds. The van der Waals surface area contributed by atoms with E-state index < -0.39 is 17.9 Å². The van der Waals surface area contributed by atoms with E-state index in [-0.39, 0.29) is 15.6 Å². The molecule has 0 aliphatic rings. The van der Waals surface area contributed by atoms with E-state index in [0.717, 1.165) is 12.1 Å². The standard InChI is InChI=1S/C10H4Cl2F3N/c11-5-2-9(10(14)15)16-8-3-7(13)6(12)1-4(5)8/h1-3,10H. The number of nitrogens with zero attached hydrogens (tertiary/aromatic N) is 1. The summed E-state index contributed by atoms with van der Waals surface area (Å²) in [4.78, 5) is 3.60. The second kappa shape index (κ2) is 4.11. The van der Waals surface area contributed by atoms with Gasteiger partial charge < -0.3 is 0 Å². The quantitative estimate of drug-likeness (QED) is 0.733. The van der Waals surface area contributed by atoms with Gasteiger partial charge in [-0.3, -0.25) is 0 Å². The van der Waals surface area contributed by atoms with Crippen molar-refractivity contribution in [2.75, 3.05) is 0 Å². The Labute approximate surface area is 98.8 Å². The lowest BCUT2D eigenvalue weighted by atomic mass is 10.2. The molecule has 0 aliphatic heterocycles. The van der Waals surface area contributed by atoms with E-state index in [0.29, 0.717) is 5.39 Å². The summed E-state index contributed by atoms with van der Waals surface area (Å²) in [6.45, 7) is 0. The molecule has 0 atom stereocenters. The average molecular weight is 266 g/mol. The summed E-state index contributed by atoms with van der Waals surface area (Å²) in [5, 5.41) is 0.292. The van der Waals surface area contributed by atoms with Crippen LogP contribution in [0.1, 0.15) is 12.1 Å². The summed E-state index contributed by atoms with van der Waals surface area (Å²) in [7, 11) is 0. The minimum Gasteiger partial charge on any atom is -0.247 e. The van der Waals surface area contributed by atoms with Gasteiger partial charge in [-0.05, 0) is 12.1 Å². The number of benzene rings is 1. The van der Waals surface area contributed by atoms with Gasteiger partial charge >= 0.3 is 0 Å². The molecular formula is C10H4Cl2F3N. The highest BCUT2D eigenvalue weighted by atomic mass is 35.5. The molecule has 1 aromatic carbocycles. The molecule has 1 nitrogen and oxygen atoms in total. The van der Waals surface area contributed by atoms with Crippen LogP contribution in [0.3, 0.4) is 0 Å². The smallest absolute Gasteiger partial charge is 0.247 e. The first kappa shape index (κ1) is 11.5. The molecule has 1 aromatic heterocycles. The van der Waals surface area contributed by atoms with Crippen LogP contribution in [0.15, 0.2) is 18.2 Å². The molecule has 0 N–H and O–H groups in total. The van der Waals surface area contributed by atoms with Crippen LogP contribution in [0.4, 0.5) is 13.2 Å². The fourth-order valence-corrected chi connectivity index (χ4v) is 1.74. The maximum atomic E-state index is 13.1. The van der Waals surface area contributed by atoms with E-state index >= 15 is 0 Å². The maximum absolute atomic E-state index is 13.1. The summed E-state index contributed by atoms with van der Waals surface area (Å²) < 4.78 is 37.9. The molecule has 0 aliphatic carbocycles. The summed E-state index contributed by atoms with van der Waals surface area (Å²) in [5.74, 6) is -0.718. The Kier molecular flexibility index (Phi) is 2.95. The van der Waals surface area contributed by atoms with Gasteiger partial charge in [0, 0.05) is 11.5 Å². The topological polar surface area (TPSA) is 12.9 Å². The van der Waals surface area contributed by atoms with Crippen molar-refractivity contribution < 1.29 is 13.2 Å². The Morgan fingerprint density at radius 3 is 2.38 bits per heavy atom. The number of halogens is 5. The van der Waals surface area contributed by atoms with Crippen molar-refractivity contribution in [2.24, 2.45) is 0 Å². The fraction of sp³-hybridized carbons (Fsp3) is 0.100. The molecule has 2 aromatic rings. The van der Waals surface area contributed by atoms with Crippen LogP contribution in [-0.2, 0) is 0 Å². The van der Waals surface area contributed by atoms with Gasteiger partial charge in [0.1, 0.15) is 11.5 Å². The zero-order valence-electron chi connectivity index (χ0n) is 7.65. The van der Waals surface area contributed by atoms with Gasteiger partial charge in [-0.15, -0.1) is 0 Å². The molecule has 0 unspecified atom stereocenters. The number of alkyl halides is 2. The number of hydrogen-bond donors (Lipinski definition) is 0. The highest BCUT2D eigenvalue weighted by Gasteiger charge is 2.14. The highest BCUT2D eigenvalue weighted by molar-refractivity contribution is 6.36. The highest BCUT2D eigenvalue weighted by Crippen LogP contribution is 2.30. The Hall–Kier alpha value is -1.000. The van der Waals surface area contributed by atoms with Crippen molar-refractivity contribution >= 4 is 34.1 Å². The van der Waals surface area contributed by atoms with Crippen LogP contribution in [0.2, 0.25) is 10.0 Å². The lowest BCUT2D eigenvalue weighted by Gasteiger charge is -2.05. The minimum absolute atomic E-state index is 0.0599. The molecule has 6 heteroatoms. The molecule has 0 saturated carbocycles. The summed E-state index contributed by atoms with van der Waals surface area (Å²) in [5.41, 5.74) is -0.427. The minimum atomic E-state index is -2.75. The fourth-order valence-electron chi connectivity index (χ4n) is 1.31. The van der Waals surface area contributed by atoms with Crippen LogP contribution >= 0.6 is 23.2 Å². The van der Waals surface area contributed by atoms with Gasteiger partial charge in [-0.25, -0.2) is 18.2 Å². The molecule has 1 heterocycles. The van der Waals surface area contributed by atoms with Gasteiger partial charge in [0.25, 0.3) is 6.43 Å². The second-order valence-electron chi connectivity index (χ2n) is 3.11. The third kappa shape index (κ3) is 1.95. The van der Waals surface area contributed by atoms with E-state index in [1.165, 1.54) is 6.07 Å². The predicted octanol–water partition coefficient (Wildman–Crippen LogP) is 4.62. The van der Waals surface area contributed by atoms with E-state index in [1.807, 2.05) is 0 Å². The Bertz CT molecular complexity index is 557. The normalized spacial score (nSPS) is 11.4. The van der Waals surface area contributed by atoms with Crippen molar-refractivity contribution in [1.82, 2.24) is 4.98 Å². The summed E-state index contributed by atoms with van der Waals surface area (Å²) in [6.07, 6.45) is -2.75. The van der Waals surface area contributed by atoms with Crippen molar-refractivity contribution in [3.05, 3.63) is 39.8 Å². The predicted molar refractivity (Wildman–Crippen MR) is 56.7 cm³/mol. The number of rotatable bonds is 1. The largest absolute Gasteiger partial charge is 0.280 e. The summed E-state index contributed by atoms with van der Waals surface area (Å²) in [6, 6.07) is 3.29. The lowest BCUT2D eigenvalue weighted by Crippen LogP contribution is -1.92. The molecule has 2 rings (SSSR count). The van der Waals surface area contributed by atoms with Gasteiger partial charge in [-0.1, -0.05) is 23.2 Å². The Morgan fingerprint density at radius 2 is 1.75 bits per heavy atom. The van der Waals surface area contributed by atoms with Crippen LogP contribution in [0.25, 0.3) is 10.9 Å². The van der Waals surface area contributed by atoms with Crippen LogP contribution in [0.5, 0.6) is 0 Å².